The Hall–Kier alpha value is -1.14. The van der Waals surface area contributed by atoms with E-state index in [4.69, 9.17) is 9.47 Å². The van der Waals surface area contributed by atoms with Gasteiger partial charge in [-0.05, 0) is 25.7 Å². The Morgan fingerprint density at radius 1 is 1.47 bits per heavy atom. The number of hydrogen-bond donors (Lipinski definition) is 2. The minimum absolute atomic E-state index is 0.0609. The lowest BCUT2D eigenvalue weighted by molar-refractivity contribution is -0.150. The summed E-state index contributed by atoms with van der Waals surface area (Å²) in [4.78, 5) is 23.4. The Morgan fingerprint density at radius 2 is 2.05 bits per heavy atom. The van der Waals surface area contributed by atoms with Crippen LogP contribution in [0.1, 0.15) is 26.7 Å². The summed E-state index contributed by atoms with van der Waals surface area (Å²) in [6, 6.07) is 0. The Kier molecular flexibility index (Phi) is 5.75. The van der Waals surface area contributed by atoms with Crippen LogP contribution < -0.4 is 5.32 Å². The first-order valence-corrected chi connectivity index (χ1v) is 6.53. The molecule has 110 valence electrons. The van der Waals surface area contributed by atoms with Crippen molar-refractivity contribution in [3.05, 3.63) is 0 Å². The fourth-order valence-corrected chi connectivity index (χ4v) is 2.26. The van der Waals surface area contributed by atoms with Crippen LogP contribution in [0.25, 0.3) is 0 Å². The molecule has 0 aliphatic carbocycles. The average molecular weight is 273 g/mol. The summed E-state index contributed by atoms with van der Waals surface area (Å²) in [7, 11) is 1.41. The molecule has 0 bridgehead atoms. The minimum Gasteiger partial charge on any atom is -0.479 e. The number of methoxy groups -OCH3 is 1. The number of hydrogen-bond acceptors (Lipinski definition) is 4. The number of nitrogens with one attached hydrogen (secondary N) is 1. The van der Waals surface area contributed by atoms with Crippen molar-refractivity contribution in [3.63, 3.8) is 0 Å². The zero-order valence-electron chi connectivity index (χ0n) is 11.8. The normalized spacial score (nSPS) is 21.4. The first-order valence-electron chi connectivity index (χ1n) is 6.53. The first kappa shape index (κ1) is 15.9. The molecule has 1 heterocycles. The number of carbonyl (C=O) groups excluding carboxylic acids is 1. The molecule has 0 aromatic heterocycles. The Balaban J connectivity index is 2.63. The van der Waals surface area contributed by atoms with E-state index in [0.29, 0.717) is 13.2 Å². The SMILES string of the molecule is COCC(C)(NC(=O)C(C)C1CCOCC1)C(=O)O. The van der Waals surface area contributed by atoms with Crippen molar-refractivity contribution in [3.8, 4) is 0 Å². The van der Waals surface area contributed by atoms with E-state index < -0.39 is 11.5 Å². The topological polar surface area (TPSA) is 84.9 Å². The third-order valence-electron chi connectivity index (χ3n) is 3.69. The zero-order valence-corrected chi connectivity index (χ0v) is 11.8. The van der Waals surface area contributed by atoms with Crippen LogP contribution in [0, 0.1) is 11.8 Å². The van der Waals surface area contributed by atoms with E-state index in [-0.39, 0.29) is 24.3 Å². The van der Waals surface area contributed by atoms with E-state index in [1.807, 2.05) is 6.92 Å². The van der Waals surface area contributed by atoms with Gasteiger partial charge in [-0.15, -0.1) is 0 Å². The molecule has 0 radical (unpaired) electrons. The number of amides is 1. The first-order chi connectivity index (χ1) is 8.90. The molecule has 2 N–H and O–H groups in total. The number of carbonyl (C=O) groups is 2. The van der Waals surface area contributed by atoms with Gasteiger partial charge in [-0.25, -0.2) is 4.79 Å². The maximum Gasteiger partial charge on any atom is 0.331 e. The van der Waals surface area contributed by atoms with Crippen LogP contribution in [0.15, 0.2) is 0 Å². The second-order valence-electron chi connectivity index (χ2n) is 5.30. The highest BCUT2D eigenvalue weighted by Crippen LogP contribution is 2.24. The lowest BCUT2D eigenvalue weighted by Crippen LogP contribution is -2.57. The molecule has 1 rings (SSSR count). The van der Waals surface area contributed by atoms with Gasteiger partial charge in [0.2, 0.25) is 5.91 Å². The summed E-state index contributed by atoms with van der Waals surface area (Å²) in [6.45, 7) is 4.55. The lowest BCUT2D eigenvalue weighted by atomic mass is 9.86. The van der Waals surface area contributed by atoms with Crippen molar-refractivity contribution in [2.45, 2.75) is 32.2 Å². The highest BCUT2D eigenvalue weighted by Gasteiger charge is 2.37. The molecular weight excluding hydrogens is 250 g/mol. The quantitative estimate of drug-likeness (QED) is 0.742. The van der Waals surface area contributed by atoms with Gasteiger partial charge in [-0.2, -0.15) is 0 Å². The fraction of sp³-hybridized carbons (Fsp3) is 0.846. The average Bonchev–Trinajstić information content (AvgIpc) is 2.38. The van der Waals surface area contributed by atoms with Gasteiger partial charge in [0, 0.05) is 26.2 Å². The van der Waals surface area contributed by atoms with Crippen molar-refractivity contribution in [2.75, 3.05) is 26.9 Å². The highest BCUT2D eigenvalue weighted by molar-refractivity contribution is 5.87. The molecule has 2 atom stereocenters. The fourth-order valence-electron chi connectivity index (χ4n) is 2.26. The monoisotopic (exact) mass is 273 g/mol. The summed E-state index contributed by atoms with van der Waals surface area (Å²) >= 11 is 0. The maximum atomic E-state index is 12.2. The van der Waals surface area contributed by atoms with Gasteiger partial charge in [0.1, 0.15) is 0 Å². The standard InChI is InChI=1S/C13H23NO5/c1-9(10-4-6-19-7-5-10)11(15)14-13(2,8-18-3)12(16)17/h9-10H,4-8H2,1-3H3,(H,14,15)(H,16,17). The molecule has 1 aliphatic heterocycles. The van der Waals surface area contributed by atoms with E-state index in [9.17, 15) is 14.7 Å². The molecule has 1 aliphatic rings. The molecule has 6 nitrogen and oxygen atoms in total. The van der Waals surface area contributed by atoms with Crippen molar-refractivity contribution >= 4 is 11.9 Å². The molecule has 1 amide bonds. The van der Waals surface area contributed by atoms with Crippen LogP contribution in [0.4, 0.5) is 0 Å². The second-order valence-corrected chi connectivity index (χ2v) is 5.30. The molecular formula is C13H23NO5. The number of ether oxygens (including phenoxy) is 2. The number of aliphatic carboxylic acids is 1. The number of carboxylic acid groups (broad SMARTS) is 1. The second kappa shape index (κ2) is 6.86. The van der Waals surface area contributed by atoms with Crippen LogP contribution in [0.3, 0.4) is 0 Å². The van der Waals surface area contributed by atoms with Gasteiger partial charge in [0.05, 0.1) is 6.61 Å². The molecule has 2 unspecified atom stereocenters. The predicted octanol–water partition coefficient (Wildman–Crippen LogP) is 0.655. The molecule has 0 aromatic rings. The Bertz CT molecular complexity index is 327. The van der Waals surface area contributed by atoms with Gasteiger partial charge in [-0.3, -0.25) is 4.79 Å². The van der Waals surface area contributed by atoms with Gasteiger partial charge in [0.25, 0.3) is 0 Å². The summed E-state index contributed by atoms with van der Waals surface area (Å²) in [5, 5.41) is 11.8. The van der Waals surface area contributed by atoms with Gasteiger partial charge < -0.3 is 19.9 Å². The molecule has 1 saturated heterocycles. The largest absolute Gasteiger partial charge is 0.479 e. The van der Waals surface area contributed by atoms with Crippen LogP contribution >= 0.6 is 0 Å². The van der Waals surface area contributed by atoms with E-state index >= 15 is 0 Å². The molecule has 19 heavy (non-hydrogen) atoms. The predicted molar refractivity (Wildman–Crippen MR) is 68.8 cm³/mol. The van der Waals surface area contributed by atoms with Crippen LogP contribution in [0.5, 0.6) is 0 Å². The third-order valence-corrected chi connectivity index (χ3v) is 3.69. The maximum absolute atomic E-state index is 12.2. The van der Waals surface area contributed by atoms with Crippen LogP contribution in [-0.2, 0) is 19.1 Å². The smallest absolute Gasteiger partial charge is 0.331 e. The van der Waals surface area contributed by atoms with Gasteiger partial charge in [-0.1, -0.05) is 6.92 Å². The molecule has 0 spiro atoms. The molecule has 6 heteroatoms. The number of carboxylic acids is 1. The van der Waals surface area contributed by atoms with Gasteiger partial charge >= 0.3 is 5.97 Å². The van der Waals surface area contributed by atoms with Crippen LogP contribution in [-0.4, -0.2) is 49.5 Å². The summed E-state index contributed by atoms with van der Waals surface area (Å²) in [6.07, 6.45) is 1.67. The van der Waals surface area contributed by atoms with E-state index in [0.717, 1.165) is 12.8 Å². The van der Waals surface area contributed by atoms with Crippen molar-refractivity contribution in [2.24, 2.45) is 11.8 Å². The summed E-state index contributed by atoms with van der Waals surface area (Å²) in [5.41, 5.74) is -1.38. The lowest BCUT2D eigenvalue weighted by Gasteiger charge is -2.31. The molecule has 0 saturated carbocycles. The minimum atomic E-state index is -1.38. The Labute approximate surface area is 113 Å². The summed E-state index contributed by atoms with van der Waals surface area (Å²) in [5.74, 6) is -1.32. The van der Waals surface area contributed by atoms with E-state index in [2.05, 4.69) is 5.32 Å². The van der Waals surface area contributed by atoms with Crippen molar-refractivity contribution < 1.29 is 24.2 Å². The van der Waals surface area contributed by atoms with Crippen LogP contribution in [0.2, 0.25) is 0 Å². The van der Waals surface area contributed by atoms with Gasteiger partial charge in [0.15, 0.2) is 5.54 Å². The van der Waals surface area contributed by atoms with Crippen molar-refractivity contribution in [1.29, 1.82) is 0 Å². The molecule has 0 aromatic carbocycles. The van der Waals surface area contributed by atoms with E-state index in [1.165, 1.54) is 14.0 Å². The summed E-state index contributed by atoms with van der Waals surface area (Å²) < 4.78 is 10.1. The molecule has 1 fully saturated rings. The van der Waals surface area contributed by atoms with E-state index in [1.54, 1.807) is 0 Å². The Morgan fingerprint density at radius 3 is 2.53 bits per heavy atom. The third kappa shape index (κ3) is 4.18. The zero-order chi connectivity index (χ0) is 14.5. The number of rotatable bonds is 6. The highest BCUT2D eigenvalue weighted by atomic mass is 16.5. The van der Waals surface area contributed by atoms with Crippen molar-refractivity contribution in [1.82, 2.24) is 5.32 Å².